The molecule has 1 aromatic heterocycles. The second-order valence-corrected chi connectivity index (χ2v) is 6.11. The Kier molecular flexibility index (Phi) is 6.33. The average Bonchev–Trinajstić information content (AvgIpc) is 3.23. The molecular formula is C21H22FN3O4. The van der Waals surface area contributed by atoms with Gasteiger partial charge in [0.1, 0.15) is 28.8 Å². The number of methoxy groups -OCH3 is 3. The molecule has 1 heterocycles. The number of amides is 1. The molecule has 0 fully saturated rings. The molecule has 0 saturated carbocycles. The van der Waals surface area contributed by atoms with Crippen molar-refractivity contribution in [3.8, 4) is 22.9 Å². The van der Waals surface area contributed by atoms with Gasteiger partial charge in [-0.2, -0.15) is 5.10 Å². The van der Waals surface area contributed by atoms with Gasteiger partial charge in [0, 0.05) is 30.4 Å². The van der Waals surface area contributed by atoms with Gasteiger partial charge in [-0.25, -0.2) is 9.07 Å². The minimum absolute atomic E-state index is 0.196. The summed E-state index contributed by atoms with van der Waals surface area (Å²) in [6.07, 6.45) is 2.03. The molecule has 152 valence electrons. The number of nitrogens with zero attached hydrogens (tertiary/aromatic N) is 2. The van der Waals surface area contributed by atoms with E-state index in [2.05, 4.69) is 10.4 Å². The fourth-order valence-corrected chi connectivity index (χ4v) is 2.93. The number of carbonyl (C=O) groups is 1. The van der Waals surface area contributed by atoms with Gasteiger partial charge in [-0.1, -0.05) is 12.1 Å². The summed E-state index contributed by atoms with van der Waals surface area (Å²) in [5.74, 6) is 1.07. The third-order valence-electron chi connectivity index (χ3n) is 4.40. The van der Waals surface area contributed by atoms with E-state index in [-0.39, 0.29) is 17.3 Å². The molecule has 0 unspecified atom stereocenters. The minimum atomic E-state index is -0.416. The summed E-state index contributed by atoms with van der Waals surface area (Å²) in [6.45, 7) is 0.338. The number of rotatable bonds is 8. The molecule has 29 heavy (non-hydrogen) atoms. The lowest BCUT2D eigenvalue weighted by molar-refractivity contribution is 0.0948. The number of carbonyl (C=O) groups excluding carboxylic acids is 1. The van der Waals surface area contributed by atoms with E-state index < -0.39 is 5.82 Å². The van der Waals surface area contributed by atoms with E-state index in [1.165, 1.54) is 16.8 Å². The van der Waals surface area contributed by atoms with Crippen LogP contribution in [0.25, 0.3) is 5.69 Å². The number of ether oxygens (including phenoxy) is 3. The maximum atomic E-state index is 13.9. The summed E-state index contributed by atoms with van der Waals surface area (Å²) in [6, 6.07) is 11.3. The Labute approximate surface area is 168 Å². The molecule has 8 heteroatoms. The van der Waals surface area contributed by atoms with Crippen LogP contribution in [0, 0.1) is 5.82 Å². The number of nitrogens with one attached hydrogen (secondary N) is 1. The molecule has 0 bridgehead atoms. The highest BCUT2D eigenvalue weighted by atomic mass is 19.1. The highest BCUT2D eigenvalue weighted by molar-refractivity contribution is 5.92. The van der Waals surface area contributed by atoms with Crippen LogP contribution >= 0.6 is 0 Å². The molecule has 0 radical (unpaired) electrons. The van der Waals surface area contributed by atoms with Crippen molar-refractivity contribution in [3.05, 3.63) is 65.7 Å². The van der Waals surface area contributed by atoms with Crippen molar-refractivity contribution in [1.29, 1.82) is 0 Å². The summed E-state index contributed by atoms with van der Waals surface area (Å²) in [7, 11) is 4.69. The first kappa shape index (κ1) is 20.2. The molecule has 3 aromatic rings. The van der Waals surface area contributed by atoms with E-state index in [9.17, 15) is 9.18 Å². The second-order valence-electron chi connectivity index (χ2n) is 6.11. The molecule has 0 aliphatic rings. The summed E-state index contributed by atoms with van der Waals surface area (Å²) < 4.78 is 31.3. The highest BCUT2D eigenvalue weighted by Crippen LogP contribution is 2.34. The molecule has 0 aliphatic carbocycles. The molecule has 0 spiro atoms. The number of hydrogen-bond acceptors (Lipinski definition) is 5. The maximum absolute atomic E-state index is 13.9. The largest absolute Gasteiger partial charge is 0.496 e. The quantitative estimate of drug-likeness (QED) is 0.630. The SMILES string of the molecule is COc1cc(OC)c(CCNC(=O)c2ccn(-c3ccccc3F)n2)c(OC)c1. The van der Waals surface area contributed by atoms with Gasteiger partial charge in [0.25, 0.3) is 5.91 Å². The molecule has 0 atom stereocenters. The van der Waals surface area contributed by atoms with Crippen molar-refractivity contribution in [2.75, 3.05) is 27.9 Å². The number of hydrogen-bond donors (Lipinski definition) is 1. The van der Waals surface area contributed by atoms with Crippen LogP contribution in [-0.4, -0.2) is 43.6 Å². The lowest BCUT2D eigenvalue weighted by atomic mass is 10.1. The number of halogens is 1. The van der Waals surface area contributed by atoms with Crippen molar-refractivity contribution in [2.45, 2.75) is 6.42 Å². The van der Waals surface area contributed by atoms with Crippen LogP contribution in [-0.2, 0) is 6.42 Å². The second kappa shape index (κ2) is 9.09. The summed E-state index contributed by atoms with van der Waals surface area (Å²) in [4.78, 5) is 12.4. The maximum Gasteiger partial charge on any atom is 0.271 e. The Morgan fingerprint density at radius 1 is 1.07 bits per heavy atom. The third kappa shape index (κ3) is 4.48. The average molecular weight is 399 g/mol. The smallest absolute Gasteiger partial charge is 0.271 e. The predicted octanol–water partition coefficient (Wildman–Crippen LogP) is 3.01. The number of benzene rings is 2. The van der Waals surface area contributed by atoms with E-state index in [1.807, 2.05) is 0 Å². The van der Waals surface area contributed by atoms with Crippen LogP contribution in [0.5, 0.6) is 17.2 Å². The first-order chi connectivity index (χ1) is 14.1. The molecule has 0 saturated heterocycles. The molecule has 0 aliphatic heterocycles. The number of aromatic nitrogens is 2. The standard InChI is InChI=1S/C21H22FN3O4/c1-27-14-12-19(28-2)15(20(13-14)29-3)8-10-23-21(26)17-9-11-25(24-17)18-7-5-4-6-16(18)22/h4-7,9,11-13H,8,10H2,1-3H3,(H,23,26). The zero-order valence-corrected chi connectivity index (χ0v) is 16.4. The van der Waals surface area contributed by atoms with E-state index in [1.54, 1.807) is 57.9 Å². The number of para-hydroxylation sites is 1. The Morgan fingerprint density at radius 2 is 1.76 bits per heavy atom. The van der Waals surface area contributed by atoms with E-state index >= 15 is 0 Å². The van der Waals surface area contributed by atoms with Crippen molar-refractivity contribution in [1.82, 2.24) is 15.1 Å². The summed E-state index contributed by atoms with van der Waals surface area (Å²) in [5.41, 5.74) is 1.29. The molecule has 7 nitrogen and oxygen atoms in total. The van der Waals surface area contributed by atoms with Crippen LogP contribution in [0.3, 0.4) is 0 Å². The predicted molar refractivity (Wildman–Crippen MR) is 106 cm³/mol. The van der Waals surface area contributed by atoms with Gasteiger partial charge in [-0.15, -0.1) is 0 Å². The van der Waals surface area contributed by atoms with Gasteiger partial charge in [0.15, 0.2) is 5.69 Å². The molecular weight excluding hydrogens is 377 g/mol. The van der Waals surface area contributed by atoms with Gasteiger partial charge >= 0.3 is 0 Å². The van der Waals surface area contributed by atoms with Crippen LogP contribution in [0.2, 0.25) is 0 Å². The normalized spacial score (nSPS) is 10.5. The summed E-state index contributed by atoms with van der Waals surface area (Å²) >= 11 is 0. The Hall–Kier alpha value is -3.55. The van der Waals surface area contributed by atoms with Gasteiger partial charge in [0.2, 0.25) is 0 Å². The van der Waals surface area contributed by atoms with E-state index in [4.69, 9.17) is 14.2 Å². The van der Waals surface area contributed by atoms with Crippen LogP contribution < -0.4 is 19.5 Å². The topological polar surface area (TPSA) is 74.6 Å². The highest BCUT2D eigenvalue weighted by Gasteiger charge is 2.15. The van der Waals surface area contributed by atoms with Crippen molar-refractivity contribution in [2.24, 2.45) is 0 Å². The fraction of sp³-hybridized carbons (Fsp3) is 0.238. The first-order valence-electron chi connectivity index (χ1n) is 8.95. The Morgan fingerprint density at radius 3 is 2.38 bits per heavy atom. The van der Waals surface area contributed by atoms with E-state index in [0.29, 0.717) is 30.2 Å². The van der Waals surface area contributed by atoms with Crippen LogP contribution in [0.15, 0.2) is 48.7 Å². The van der Waals surface area contributed by atoms with Gasteiger partial charge in [-0.05, 0) is 24.6 Å². The fourth-order valence-electron chi connectivity index (χ4n) is 2.93. The lowest BCUT2D eigenvalue weighted by Crippen LogP contribution is -2.26. The van der Waals surface area contributed by atoms with Crippen molar-refractivity contribution >= 4 is 5.91 Å². The minimum Gasteiger partial charge on any atom is -0.496 e. The van der Waals surface area contributed by atoms with Crippen molar-refractivity contribution < 1.29 is 23.4 Å². The first-order valence-corrected chi connectivity index (χ1v) is 8.95. The van der Waals surface area contributed by atoms with Crippen LogP contribution in [0.4, 0.5) is 4.39 Å². The van der Waals surface area contributed by atoms with E-state index in [0.717, 1.165) is 5.56 Å². The van der Waals surface area contributed by atoms with Gasteiger partial charge < -0.3 is 19.5 Å². The third-order valence-corrected chi connectivity index (χ3v) is 4.40. The molecule has 1 amide bonds. The molecule has 1 N–H and O–H groups in total. The Bertz CT molecular complexity index is 978. The van der Waals surface area contributed by atoms with Crippen molar-refractivity contribution in [3.63, 3.8) is 0 Å². The molecule has 2 aromatic carbocycles. The monoisotopic (exact) mass is 399 g/mol. The Balaban J connectivity index is 1.67. The van der Waals surface area contributed by atoms with Gasteiger partial charge in [-0.3, -0.25) is 4.79 Å². The zero-order chi connectivity index (χ0) is 20.8. The summed E-state index contributed by atoms with van der Waals surface area (Å²) in [5, 5.41) is 6.96. The molecule has 3 rings (SSSR count). The van der Waals surface area contributed by atoms with Gasteiger partial charge in [0.05, 0.1) is 21.3 Å². The lowest BCUT2D eigenvalue weighted by Gasteiger charge is -2.15. The zero-order valence-electron chi connectivity index (χ0n) is 16.4. The van der Waals surface area contributed by atoms with Crippen LogP contribution in [0.1, 0.15) is 16.1 Å².